The van der Waals surface area contributed by atoms with Gasteiger partial charge in [0.2, 0.25) is 23.6 Å². The molecule has 2 unspecified atom stereocenters. The Hall–Kier alpha value is -6.74. The van der Waals surface area contributed by atoms with Crippen molar-refractivity contribution >= 4 is 84.5 Å². The van der Waals surface area contributed by atoms with Crippen molar-refractivity contribution in [3.8, 4) is 10.4 Å². The minimum atomic E-state index is -1.08. The van der Waals surface area contributed by atoms with Crippen molar-refractivity contribution in [3.05, 3.63) is 101 Å². The van der Waals surface area contributed by atoms with Crippen molar-refractivity contribution in [2.75, 3.05) is 47.1 Å². The van der Waals surface area contributed by atoms with Crippen LogP contribution in [0.2, 0.25) is 0 Å². The third-order valence-electron chi connectivity index (χ3n) is 16.1. The van der Waals surface area contributed by atoms with Crippen LogP contribution in [-0.4, -0.2) is 136 Å². The van der Waals surface area contributed by atoms with Gasteiger partial charge < -0.3 is 58.9 Å². The molecule has 0 saturated carbocycles. The van der Waals surface area contributed by atoms with E-state index < -0.39 is 59.5 Å². The first kappa shape index (κ1) is 52.3. The molecule has 404 valence electrons. The molecule has 7 atom stereocenters. The molecule has 7 aromatic rings. The van der Waals surface area contributed by atoms with Crippen LogP contribution in [0.15, 0.2) is 78.3 Å². The predicted molar refractivity (Wildman–Crippen MR) is 292 cm³/mol. The number of aliphatic hydroxyl groups excluding tert-OH is 1. The van der Waals surface area contributed by atoms with E-state index in [2.05, 4.69) is 54.3 Å². The van der Waals surface area contributed by atoms with E-state index in [0.717, 1.165) is 70.9 Å². The molecule has 2 saturated heterocycles. The number of rotatable bonds is 17. The number of carbonyl (C=O) groups is 5. The smallest absolute Gasteiger partial charge is 0.252 e. The van der Waals surface area contributed by atoms with Gasteiger partial charge >= 0.3 is 0 Å². The first-order valence-electron chi connectivity index (χ1n) is 26.5. The fraction of sp³-hybridized carbons (Fsp3) is 0.448. The zero-order valence-electron chi connectivity index (χ0n) is 44.5. The van der Waals surface area contributed by atoms with E-state index in [1.54, 1.807) is 23.3 Å². The van der Waals surface area contributed by atoms with E-state index in [1.165, 1.54) is 4.90 Å². The van der Waals surface area contributed by atoms with Crippen LogP contribution in [0.4, 0.5) is 0 Å². The topological polar surface area (TPSA) is 208 Å². The van der Waals surface area contributed by atoms with Crippen LogP contribution in [-0.2, 0) is 56.9 Å². The maximum atomic E-state index is 14.2. The number of para-hydroxylation sites is 2. The van der Waals surface area contributed by atoms with Gasteiger partial charge in [0.05, 0.1) is 88.7 Å². The van der Waals surface area contributed by atoms with Crippen molar-refractivity contribution in [1.29, 1.82) is 0 Å². The summed E-state index contributed by atoms with van der Waals surface area (Å²) >= 11 is 1.57. The van der Waals surface area contributed by atoms with Crippen LogP contribution in [0.1, 0.15) is 86.8 Å². The number of ether oxygens (including phenoxy) is 4. The Balaban J connectivity index is 0.683. The molecule has 2 bridgehead atoms. The highest BCUT2D eigenvalue weighted by molar-refractivity contribution is 7.13. The van der Waals surface area contributed by atoms with Crippen LogP contribution < -0.4 is 16.0 Å². The number of likely N-dealkylation sites (N-methyl/N-ethyl adjacent to an activating group) is 1. The number of benzene rings is 4. The Kier molecular flexibility index (Phi) is 14.0. The lowest BCUT2D eigenvalue weighted by atomic mass is 9.85. The number of hydrogen-bond acceptors (Lipinski definition) is 12. The fourth-order valence-corrected chi connectivity index (χ4v) is 13.2. The first-order valence-corrected chi connectivity index (χ1v) is 27.3. The van der Waals surface area contributed by atoms with Gasteiger partial charge in [0.25, 0.3) is 5.91 Å². The first-order chi connectivity index (χ1) is 37.0. The largest absolute Gasteiger partial charge is 0.391 e. The predicted octanol–water partition coefficient (Wildman–Crippen LogP) is 6.65. The average Bonchev–Trinajstić information content (AvgIpc) is 3.76. The number of aliphatic hydroxyl groups is 1. The molecule has 0 aliphatic carbocycles. The standard InChI is InChI=1S/C58H66N8O10S/c1-32-51(77-31-61-32)34-18-16-33(17-19-34)28-59-54(70)42-26-35(67)30-64(42)56(72)52(57(2,3)4)62-43(68)20-22-74-24-25-75-23-21-44(69)63(6)41-27-45-65-39-14-10-8-12-36(39)47-48-38(29-60-55(48)71)46-37-13-9-11-15-40(37)66(50(46)49(47)65)58(5,76-45)53(41)73-7/h8-19,31,35,41-42,45,52-53,67H,20-30H2,1-7H3,(H,59,70)(H,60,71)(H,62,68)/t35-,41?,42+,45-,52-,53?,58+/m1/s1. The summed E-state index contributed by atoms with van der Waals surface area (Å²) in [5.74, 6) is -1.44. The summed E-state index contributed by atoms with van der Waals surface area (Å²) < 4.78 is 29.8. The van der Waals surface area contributed by atoms with Crippen LogP contribution >= 0.6 is 11.3 Å². The molecule has 7 heterocycles. The molecule has 4 aromatic carbocycles. The van der Waals surface area contributed by atoms with E-state index in [9.17, 15) is 29.1 Å². The molecular formula is C58H66N8O10S. The van der Waals surface area contributed by atoms with Crippen molar-refractivity contribution in [2.45, 2.75) is 116 Å². The quantitative estimate of drug-likeness (QED) is 0.0711. The van der Waals surface area contributed by atoms with E-state index in [1.807, 2.05) is 95.7 Å². The number of nitrogens with zero attached hydrogens (tertiary/aromatic N) is 5. The third kappa shape index (κ3) is 9.13. The number of likely N-dealkylation sites (tertiary alicyclic amines) is 1. The maximum absolute atomic E-state index is 14.2. The minimum absolute atomic E-state index is 0.0277. The summed E-state index contributed by atoms with van der Waals surface area (Å²) in [6, 6.07) is 21.9. The molecule has 0 radical (unpaired) electrons. The summed E-state index contributed by atoms with van der Waals surface area (Å²) in [7, 11) is 3.47. The zero-order chi connectivity index (χ0) is 54.1. The highest BCUT2D eigenvalue weighted by Crippen LogP contribution is 2.54. The molecule has 77 heavy (non-hydrogen) atoms. The van der Waals surface area contributed by atoms with Gasteiger partial charge in [0, 0.05) is 74.6 Å². The Labute approximate surface area is 449 Å². The Bertz CT molecular complexity index is 3470. The van der Waals surface area contributed by atoms with Crippen molar-refractivity contribution in [1.82, 2.24) is 39.9 Å². The van der Waals surface area contributed by atoms with E-state index in [0.29, 0.717) is 18.5 Å². The van der Waals surface area contributed by atoms with Crippen molar-refractivity contribution in [3.63, 3.8) is 0 Å². The molecule has 19 heteroatoms. The van der Waals surface area contributed by atoms with Crippen LogP contribution in [0.3, 0.4) is 0 Å². The average molecular weight is 1070 g/mol. The molecule has 18 nitrogen and oxygen atoms in total. The number of nitrogens with one attached hydrogen (secondary N) is 3. The van der Waals surface area contributed by atoms with E-state index in [4.69, 9.17) is 18.9 Å². The molecule has 3 aromatic heterocycles. The molecule has 4 aliphatic heterocycles. The van der Waals surface area contributed by atoms with Gasteiger partial charge in [-0.1, -0.05) is 81.4 Å². The van der Waals surface area contributed by atoms with Gasteiger partial charge in [-0.3, -0.25) is 24.0 Å². The lowest BCUT2D eigenvalue weighted by Gasteiger charge is -2.50. The van der Waals surface area contributed by atoms with E-state index >= 15 is 0 Å². The van der Waals surface area contributed by atoms with Gasteiger partial charge in [-0.25, -0.2) is 4.98 Å². The van der Waals surface area contributed by atoms with Gasteiger partial charge in [-0.15, -0.1) is 11.3 Å². The van der Waals surface area contributed by atoms with Crippen LogP contribution in [0, 0.1) is 12.3 Å². The highest BCUT2D eigenvalue weighted by atomic mass is 32.1. The second-order valence-electron chi connectivity index (χ2n) is 22.0. The lowest BCUT2D eigenvalue weighted by Crippen LogP contribution is -2.61. The summed E-state index contributed by atoms with van der Waals surface area (Å²) in [6.07, 6.45) is -1.41. The number of methoxy groups -OCH3 is 1. The second-order valence-corrected chi connectivity index (χ2v) is 22.8. The van der Waals surface area contributed by atoms with Gasteiger partial charge in [-0.2, -0.15) is 0 Å². The van der Waals surface area contributed by atoms with E-state index in [-0.39, 0.29) is 76.5 Å². The maximum Gasteiger partial charge on any atom is 0.252 e. The van der Waals surface area contributed by atoms with Gasteiger partial charge in [0.1, 0.15) is 24.4 Å². The van der Waals surface area contributed by atoms with Gasteiger partial charge in [0.15, 0.2) is 5.72 Å². The molecular weight excluding hydrogens is 1000 g/mol. The summed E-state index contributed by atoms with van der Waals surface area (Å²) in [5, 5.41) is 23.5. The summed E-state index contributed by atoms with van der Waals surface area (Å²) in [5.41, 5.74) is 8.36. The molecule has 4 aliphatic rings. The van der Waals surface area contributed by atoms with Crippen molar-refractivity contribution in [2.24, 2.45) is 5.41 Å². The van der Waals surface area contributed by atoms with Crippen LogP contribution in [0.25, 0.3) is 54.1 Å². The van der Waals surface area contributed by atoms with Crippen LogP contribution in [0.5, 0.6) is 0 Å². The lowest BCUT2D eigenvalue weighted by molar-refractivity contribution is -0.266. The number of aryl methyl sites for hydroxylation is 1. The normalized spacial score (nSPS) is 22.2. The monoisotopic (exact) mass is 1070 g/mol. The molecule has 2 fully saturated rings. The Morgan fingerprint density at radius 2 is 1.62 bits per heavy atom. The Morgan fingerprint density at radius 1 is 0.935 bits per heavy atom. The number of β-amino-alcohol motifs (C(OH)–C–C–N with tert-alkyl or cyclic N) is 1. The number of fused-ring (bicyclic) bond motifs is 13. The molecule has 11 rings (SSSR count). The number of amides is 5. The molecule has 5 amide bonds. The number of carbonyl (C=O) groups excluding carboxylic acids is 5. The third-order valence-corrected chi connectivity index (χ3v) is 17.1. The summed E-state index contributed by atoms with van der Waals surface area (Å²) in [6.45, 7) is 10.7. The van der Waals surface area contributed by atoms with Crippen molar-refractivity contribution < 1.29 is 48.0 Å². The number of hydrogen-bond donors (Lipinski definition) is 4. The second kappa shape index (κ2) is 20.6. The van der Waals surface area contributed by atoms with Gasteiger partial charge in [-0.05, 0) is 48.1 Å². The SMILES string of the molecule is COC1C(N(C)C(=O)CCOCCOCCC(=O)N[C@H](C(=O)N2C[C@H](O)C[C@H]2C(=O)NCc2ccc(-c3scnc3C)cc2)C(C)(C)C)C[C@H]2O[C@]1(C)n1c3ccccc3c3c4c(c5c6ccccc6n2c5c31)C(=O)NC4. The minimum Gasteiger partial charge on any atom is -0.391 e. The molecule has 0 spiro atoms. The Morgan fingerprint density at radius 3 is 2.31 bits per heavy atom. The zero-order valence-corrected chi connectivity index (χ0v) is 45.3. The number of thiazole rings is 1. The molecule has 4 N–H and O–H groups in total. The fourth-order valence-electron chi connectivity index (χ4n) is 12.4. The number of aromatic nitrogens is 3. The highest BCUT2D eigenvalue weighted by Gasteiger charge is 2.55. The summed E-state index contributed by atoms with van der Waals surface area (Å²) in [4.78, 5) is 77.5.